The first-order valence-electron chi connectivity index (χ1n) is 7.61. The molecule has 1 fully saturated rings. The third kappa shape index (κ3) is 2.29. The number of carbonyl (C=O) groups excluding carboxylic acids is 1. The average Bonchev–Trinajstić information content (AvgIpc) is 2.69. The lowest BCUT2D eigenvalue weighted by atomic mass is 9.91. The van der Waals surface area contributed by atoms with Crippen molar-refractivity contribution in [3.05, 3.63) is 23.8 Å². The summed E-state index contributed by atoms with van der Waals surface area (Å²) >= 11 is 0. The highest BCUT2D eigenvalue weighted by Gasteiger charge is 2.31. The van der Waals surface area contributed by atoms with E-state index >= 15 is 0 Å². The number of fused-ring (bicyclic) bond motifs is 1. The van der Waals surface area contributed by atoms with Crippen molar-refractivity contribution in [2.75, 3.05) is 23.8 Å². The molecule has 1 heterocycles. The van der Waals surface area contributed by atoms with Crippen molar-refractivity contribution in [2.45, 2.75) is 44.7 Å². The lowest BCUT2D eigenvalue weighted by Gasteiger charge is -2.36. The number of rotatable bonds is 5. The van der Waals surface area contributed by atoms with Gasteiger partial charge in [0.1, 0.15) is 6.04 Å². The third-order valence-electron chi connectivity index (χ3n) is 4.50. The summed E-state index contributed by atoms with van der Waals surface area (Å²) in [6.07, 6.45) is 4.92. The second-order valence-corrected chi connectivity index (χ2v) is 5.84. The first-order chi connectivity index (χ1) is 9.70. The van der Waals surface area contributed by atoms with Gasteiger partial charge in [0.2, 0.25) is 5.91 Å². The van der Waals surface area contributed by atoms with Gasteiger partial charge in [-0.05, 0) is 44.4 Å². The number of carbonyl (C=O) groups is 1. The maximum atomic E-state index is 12.0. The van der Waals surface area contributed by atoms with Crippen LogP contribution in [-0.4, -0.2) is 25.5 Å². The monoisotopic (exact) mass is 273 g/mol. The Morgan fingerprint density at radius 1 is 1.40 bits per heavy atom. The summed E-state index contributed by atoms with van der Waals surface area (Å²) in [6, 6.07) is 6.81. The minimum absolute atomic E-state index is 0.0666. The quantitative estimate of drug-likeness (QED) is 0.867. The van der Waals surface area contributed by atoms with Gasteiger partial charge in [0.15, 0.2) is 0 Å². The molecule has 0 radical (unpaired) electrons. The number of amides is 1. The van der Waals surface area contributed by atoms with Crippen molar-refractivity contribution >= 4 is 17.3 Å². The standard InChI is InChI=1S/C16H23N3O/c1-3-9-17-15-13-8-7-12(10-14(13)18-16(15)20)19(2)11-5-4-6-11/h7-8,10-11,15,17H,3-6,9H2,1-2H3,(H,18,20). The maximum absolute atomic E-state index is 12.0. The highest BCUT2D eigenvalue weighted by Crippen LogP contribution is 2.36. The molecular weight excluding hydrogens is 250 g/mol. The zero-order valence-corrected chi connectivity index (χ0v) is 12.3. The van der Waals surface area contributed by atoms with Gasteiger partial charge in [-0.15, -0.1) is 0 Å². The van der Waals surface area contributed by atoms with Crippen LogP contribution in [0.1, 0.15) is 44.2 Å². The van der Waals surface area contributed by atoms with Crippen LogP contribution in [0.4, 0.5) is 11.4 Å². The third-order valence-corrected chi connectivity index (χ3v) is 4.50. The van der Waals surface area contributed by atoms with Crippen molar-refractivity contribution in [1.29, 1.82) is 0 Å². The van der Waals surface area contributed by atoms with Crippen LogP contribution in [0.15, 0.2) is 18.2 Å². The SMILES string of the molecule is CCCNC1C(=O)Nc2cc(N(C)C3CCC3)ccc21. The number of hydrogen-bond acceptors (Lipinski definition) is 3. The molecule has 2 N–H and O–H groups in total. The van der Waals surface area contributed by atoms with Gasteiger partial charge in [-0.1, -0.05) is 13.0 Å². The minimum atomic E-state index is -0.187. The maximum Gasteiger partial charge on any atom is 0.246 e. The Bertz CT molecular complexity index is 510. The number of nitrogens with zero attached hydrogens (tertiary/aromatic N) is 1. The predicted molar refractivity (Wildman–Crippen MR) is 82.1 cm³/mol. The fraction of sp³-hybridized carbons (Fsp3) is 0.562. The van der Waals surface area contributed by atoms with Crippen LogP contribution in [0.25, 0.3) is 0 Å². The van der Waals surface area contributed by atoms with E-state index in [1.807, 2.05) is 0 Å². The van der Waals surface area contributed by atoms with E-state index in [-0.39, 0.29) is 11.9 Å². The zero-order valence-electron chi connectivity index (χ0n) is 12.3. The molecule has 1 aliphatic carbocycles. The Balaban J connectivity index is 1.80. The summed E-state index contributed by atoms with van der Waals surface area (Å²) in [4.78, 5) is 14.4. The Labute approximate surface area is 120 Å². The predicted octanol–water partition coefficient (Wildman–Crippen LogP) is 2.67. The number of benzene rings is 1. The van der Waals surface area contributed by atoms with Crippen LogP contribution >= 0.6 is 0 Å². The molecule has 2 aliphatic rings. The minimum Gasteiger partial charge on any atom is -0.372 e. The molecule has 1 aromatic carbocycles. The van der Waals surface area contributed by atoms with Crippen molar-refractivity contribution in [2.24, 2.45) is 0 Å². The molecule has 1 amide bonds. The second-order valence-electron chi connectivity index (χ2n) is 5.84. The van der Waals surface area contributed by atoms with E-state index in [0.717, 1.165) is 24.2 Å². The van der Waals surface area contributed by atoms with Gasteiger partial charge in [0, 0.05) is 30.0 Å². The summed E-state index contributed by atoms with van der Waals surface area (Å²) in [7, 11) is 2.15. The lowest BCUT2D eigenvalue weighted by molar-refractivity contribution is -0.117. The van der Waals surface area contributed by atoms with E-state index in [1.165, 1.54) is 24.9 Å². The van der Waals surface area contributed by atoms with E-state index < -0.39 is 0 Å². The molecule has 1 aromatic rings. The first-order valence-corrected chi connectivity index (χ1v) is 7.61. The first kappa shape index (κ1) is 13.4. The molecule has 0 spiro atoms. The number of anilines is 2. The van der Waals surface area contributed by atoms with Gasteiger partial charge >= 0.3 is 0 Å². The zero-order chi connectivity index (χ0) is 14.1. The van der Waals surface area contributed by atoms with E-state index in [1.54, 1.807) is 0 Å². The van der Waals surface area contributed by atoms with Crippen molar-refractivity contribution in [3.8, 4) is 0 Å². The fourth-order valence-corrected chi connectivity index (χ4v) is 2.95. The molecule has 4 heteroatoms. The molecule has 108 valence electrons. The van der Waals surface area contributed by atoms with Crippen LogP contribution in [0, 0.1) is 0 Å². The van der Waals surface area contributed by atoms with Crippen molar-refractivity contribution < 1.29 is 4.79 Å². The Kier molecular flexibility index (Phi) is 3.66. The van der Waals surface area contributed by atoms with E-state index in [4.69, 9.17) is 0 Å². The summed E-state index contributed by atoms with van der Waals surface area (Å²) in [6.45, 7) is 2.97. The highest BCUT2D eigenvalue weighted by atomic mass is 16.2. The van der Waals surface area contributed by atoms with E-state index in [9.17, 15) is 4.79 Å². The average molecular weight is 273 g/mol. The summed E-state index contributed by atoms with van der Waals surface area (Å²) in [5.41, 5.74) is 3.24. The smallest absolute Gasteiger partial charge is 0.246 e. The van der Waals surface area contributed by atoms with E-state index in [2.05, 4.69) is 47.7 Å². The van der Waals surface area contributed by atoms with E-state index in [0.29, 0.717) is 6.04 Å². The molecule has 1 saturated carbocycles. The van der Waals surface area contributed by atoms with Gasteiger partial charge in [0.05, 0.1) is 0 Å². The van der Waals surface area contributed by atoms with Gasteiger partial charge in [-0.3, -0.25) is 4.79 Å². The molecule has 1 aliphatic heterocycles. The van der Waals surface area contributed by atoms with Crippen LogP contribution in [0.2, 0.25) is 0 Å². The largest absolute Gasteiger partial charge is 0.372 e. The lowest BCUT2D eigenvalue weighted by Crippen LogP contribution is -2.37. The molecule has 0 saturated heterocycles. The second kappa shape index (κ2) is 5.44. The summed E-state index contributed by atoms with van der Waals surface area (Å²) < 4.78 is 0. The molecular formula is C16H23N3O. The number of hydrogen-bond donors (Lipinski definition) is 2. The fourth-order valence-electron chi connectivity index (χ4n) is 2.95. The molecule has 1 unspecified atom stereocenters. The van der Waals surface area contributed by atoms with Gasteiger partial charge in [-0.2, -0.15) is 0 Å². The Morgan fingerprint density at radius 2 is 2.20 bits per heavy atom. The Morgan fingerprint density at radius 3 is 2.85 bits per heavy atom. The molecule has 0 bridgehead atoms. The summed E-state index contributed by atoms with van der Waals surface area (Å²) in [5.74, 6) is 0.0666. The topological polar surface area (TPSA) is 44.4 Å². The normalized spacial score (nSPS) is 21.3. The van der Waals surface area contributed by atoms with Crippen molar-refractivity contribution in [3.63, 3.8) is 0 Å². The molecule has 1 atom stereocenters. The highest BCUT2D eigenvalue weighted by molar-refractivity contribution is 6.03. The Hall–Kier alpha value is -1.55. The molecule has 3 rings (SSSR count). The number of nitrogens with one attached hydrogen (secondary N) is 2. The summed E-state index contributed by atoms with van der Waals surface area (Å²) in [5, 5.41) is 6.30. The van der Waals surface area contributed by atoms with Crippen LogP contribution in [-0.2, 0) is 4.79 Å². The van der Waals surface area contributed by atoms with Gasteiger partial charge in [0.25, 0.3) is 0 Å². The van der Waals surface area contributed by atoms with Crippen LogP contribution in [0.5, 0.6) is 0 Å². The van der Waals surface area contributed by atoms with Crippen molar-refractivity contribution in [1.82, 2.24) is 5.32 Å². The van der Waals surface area contributed by atoms with Crippen LogP contribution < -0.4 is 15.5 Å². The van der Waals surface area contributed by atoms with Gasteiger partial charge in [-0.25, -0.2) is 0 Å². The molecule has 0 aromatic heterocycles. The molecule has 20 heavy (non-hydrogen) atoms. The van der Waals surface area contributed by atoms with Crippen LogP contribution in [0.3, 0.4) is 0 Å². The van der Waals surface area contributed by atoms with Gasteiger partial charge < -0.3 is 15.5 Å². The molecule has 4 nitrogen and oxygen atoms in total.